The Morgan fingerprint density at radius 3 is 2.42 bits per heavy atom. The molecule has 0 aliphatic heterocycles. The number of halogens is 2. The largest absolute Gasteiger partial charge is 0.351 e. The Labute approximate surface area is 151 Å². The van der Waals surface area contributed by atoms with Crippen molar-refractivity contribution in [3.63, 3.8) is 0 Å². The summed E-state index contributed by atoms with van der Waals surface area (Å²) in [6.45, 7) is 1.50. The van der Waals surface area contributed by atoms with Crippen LogP contribution in [0.25, 0.3) is 0 Å². The van der Waals surface area contributed by atoms with Crippen LogP contribution in [0.4, 0.5) is 11.5 Å². The lowest BCUT2D eigenvalue weighted by molar-refractivity contribution is 0.0946. The fourth-order valence-electron chi connectivity index (χ4n) is 1.95. The van der Waals surface area contributed by atoms with Gasteiger partial charge in [0.25, 0.3) is 5.91 Å². The van der Waals surface area contributed by atoms with Crippen LogP contribution in [0.5, 0.6) is 0 Å². The van der Waals surface area contributed by atoms with Crippen molar-refractivity contribution in [3.05, 3.63) is 46.1 Å². The van der Waals surface area contributed by atoms with E-state index in [-0.39, 0.29) is 11.6 Å². The van der Waals surface area contributed by atoms with E-state index < -0.39 is 0 Å². The van der Waals surface area contributed by atoms with Crippen LogP contribution in [-0.2, 0) is 0 Å². The quantitative estimate of drug-likeness (QED) is 0.735. The zero-order chi connectivity index (χ0) is 17.5. The molecule has 2 aromatic rings. The number of amides is 1. The molecule has 0 radical (unpaired) electrons. The van der Waals surface area contributed by atoms with E-state index in [2.05, 4.69) is 25.7 Å². The molecule has 0 unspecified atom stereocenters. The zero-order valence-electron chi connectivity index (χ0n) is 13.5. The van der Waals surface area contributed by atoms with E-state index in [0.29, 0.717) is 28.1 Å². The van der Waals surface area contributed by atoms with Crippen LogP contribution in [-0.4, -0.2) is 48.2 Å². The summed E-state index contributed by atoms with van der Waals surface area (Å²) in [6.07, 6.45) is 0.872. The Kier molecular flexibility index (Phi) is 6.78. The minimum Gasteiger partial charge on any atom is -0.351 e. The molecule has 0 bridgehead atoms. The summed E-state index contributed by atoms with van der Waals surface area (Å²) in [5.74, 6) is 0.206. The topological polar surface area (TPSA) is 70.2 Å². The van der Waals surface area contributed by atoms with Crippen LogP contribution in [0.1, 0.15) is 16.9 Å². The minimum atomic E-state index is -0.247. The fourth-order valence-corrected chi connectivity index (χ4v) is 2.45. The number of hydrogen-bond acceptors (Lipinski definition) is 5. The summed E-state index contributed by atoms with van der Waals surface area (Å²) in [7, 11) is 3.98. The van der Waals surface area contributed by atoms with E-state index in [1.54, 1.807) is 30.3 Å². The molecule has 0 aliphatic carbocycles. The normalized spacial score (nSPS) is 10.7. The van der Waals surface area contributed by atoms with Gasteiger partial charge in [-0.05, 0) is 51.3 Å². The van der Waals surface area contributed by atoms with Gasteiger partial charge in [-0.25, -0.2) is 0 Å². The van der Waals surface area contributed by atoms with Crippen LogP contribution in [0.2, 0.25) is 10.0 Å². The van der Waals surface area contributed by atoms with Crippen molar-refractivity contribution in [2.24, 2.45) is 0 Å². The van der Waals surface area contributed by atoms with E-state index in [9.17, 15) is 4.79 Å². The zero-order valence-corrected chi connectivity index (χ0v) is 15.0. The van der Waals surface area contributed by atoms with Crippen LogP contribution in [0, 0.1) is 0 Å². The van der Waals surface area contributed by atoms with E-state index in [1.807, 2.05) is 14.1 Å². The van der Waals surface area contributed by atoms with Crippen molar-refractivity contribution in [3.8, 4) is 0 Å². The van der Waals surface area contributed by atoms with Crippen LogP contribution >= 0.6 is 23.2 Å². The highest BCUT2D eigenvalue weighted by molar-refractivity contribution is 6.39. The smallest absolute Gasteiger partial charge is 0.271 e. The number of anilines is 2. The van der Waals surface area contributed by atoms with Gasteiger partial charge >= 0.3 is 0 Å². The van der Waals surface area contributed by atoms with Crippen molar-refractivity contribution in [1.29, 1.82) is 0 Å². The number of benzene rings is 1. The Balaban J connectivity index is 1.94. The van der Waals surface area contributed by atoms with Gasteiger partial charge in [0.15, 0.2) is 11.5 Å². The molecule has 6 nitrogen and oxygen atoms in total. The third-order valence-corrected chi connectivity index (χ3v) is 3.81. The molecular weight excluding hydrogens is 349 g/mol. The maximum atomic E-state index is 12.0. The van der Waals surface area contributed by atoms with Gasteiger partial charge in [-0.2, -0.15) is 0 Å². The molecule has 0 saturated heterocycles. The highest BCUT2D eigenvalue weighted by Crippen LogP contribution is 2.31. The second kappa shape index (κ2) is 8.82. The average Bonchev–Trinajstić information content (AvgIpc) is 2.55. The lowest BCUT2D eigenvalue weighted by Gasteiger charge is -2.10. The first kappa shape index (κ1) is 18.4. The number of nitrogens with zero attached hydrogens (tertiary/aromatic N) is 3. The molecule has 24 heavy (non-hydrogen) atoms. The summed E-state index contributed by atoms with van der Waals surface area (Å²) < 4.78 is 0. The van der Waals surface area contributed by atoms with Gasteiger partial charge in [0.05, 0.1) is 15.7 Å². The van der Waals surface area contributed by atoms with Gasteiger partial charge in [-0.3, -0.25) is 4.79 Å². The highest BCUT2D eigenvalue weighted by Gasteiger charge is 2.10. The summed E-state index contributed by atoms with van der Waals surface area (Å²) in [5, 5.41) is 14.7. The molecule has 1 aromatic heterocycles. The highest BCUT2D eigenvalue weighted by atomic mass is 35.5. The molecule has 2 rings (SSSR count). The van der Waals surface area contributed by atoms with Crippen molar-refractivity contribution in [2.45, 2.75) is 6.42 Å². The van der Waals surface area contributed by atoms with E-state index >= 15 is 0 Å². The summed E-state index contributed by atoms with van der Waals surface area (Å²) in [5.41, 5.74) is 0.812. The number of rotatable bonds is 7. The summed E-state index contributed by atoms with van der Waals surface area (Å²) in [4.78, 5) is 14.0. The number of nitrogens with one attached hydrogen (secondary N) is 2. The monoisotopic (exact) mass is 367 g/mol. The maximum Gasteiger partial charge on any atom is 0.271 e. The molecule has 128 valence electrons. The lowest BCUT2D eigenvalue weighted by Crippen LogP contribution is -2.28. The predicted molar refractivity (Wildman–Crippen MR) is 97.3 cm³/mol. The molecule has 0 atom stereocenters. The van der Waals surface area contributed by atoms with Crippen molar-refractivity contribution in [2.75, 3.05) is 32.5 Å². The number of para-hydroxylation sites is 1. The Morgan fingerprint density at radius 1 is 1.12 bits per heavy atom. The first-order valence-corrected chi connectivity index (χ1v) is 8.20. The Morgan fingerprint density at radius 2 is 1.83 bits per heavy atom. The number of carbonyl (C=O) groups is 1. The molecule has 1 aromatic carbocycles. The molecule has 0 fully saturated rings. The molecule has 0 aliphatic rings. The second-order valence-electron chi connectivity index (χ2n) is 5.44. The van der Waals surface area contributed by atoms with Gasteiger partial charge < -0.3 is 15.5 Å². The molecule has 8 heteroatoms. The van der Waals surface area contributed by atoms with E-state index in [1.165, 1.54) is 0 Å². The van der Waals surface area contributed by atoms with Crippen molar-refractivity contribution in [1.82, 2.24) is 20.4 Å². The molecule has 1 heterocycles. The van der Waals surface area contributed by atoms with E-state index in [0.717, 1.165) is 13.0 Å². The van der Waals surface area contributed by atoms with Gasteiger partial charge in [0.1, 0.15) is 0 Å². The number of carbonyl (C=O) groups excluding carboxylic acids is 1. The first-order chi connectivity index (χ1) is 11.5. The number of hydrogen-bond donors (Lipinski definition) is 2. The maximum absolute atomic E-state index is 12.0. The third kappa shape index (κ3) is 5.33. The van der Waals surface area contributed by atoms with Crippen LogP contribution in [0.15, 0.2) is 30.3 Å². The molecular formula is C16H19Cl2N5O. The molecule has 1 amide bonds. The van der Waals surface area contributed by atoms with E-state index in [4.69, 9.17) is 23.2 Å². The lowest BCUT2D eigenvalue weighted by atomic mass is 10.3. The fraction of sp³-hybridized carbons (Fsp3) is 0.312. The predicted octanol–water partition coefficient (Wildman–Crippen LogP) is 3.21. The van der Waals surface area contributed by atoms with Gasteiger partial charge in [-0.1, -0.05) is 29.3 Å². The molecule has 0 saturated carbocycles. The van der Waals surface area contributed by atoms with Crippen LogP contribution < -0.4 is 10.6 Å². The van der Waals surface area contributed by atoms with Gasteiger partial charge in [0, 0.05) is 6.54 Å². The minimum absolute atomic E-state index is 0.247. The summed E-state index contributed by atoms with van der Waals surface area (Å²) >= 11 is 12.2. The SMILES string of the molecule is CN(C)CCCNC(=O)c1ccc(Nc2c(Cl)cccc2Cl)nn1. The molecule has 0 spiro atoms. The average molecular weight is 368 g/mol. The first-order valence-electron chi connectivity index (χ1n) is 7.45. The van der Waals surface area contributed by atoms with Crippen molar-refractivity contribution < 1.29 is 4.79 Å². The van der Waals surface area contributed by atoms with Crippen LogP contribution in [0.3, 0.4) is 0 Å². The second-order valence-corrected chi connectivity index (χ2v) is 6.25. The third-order valence-electron chi connectivity index (χ3n) is 3.18. The van der Waals surface area contributed by atoms with Crippen molar-refractivity contribution >= 4 is 40.6 Å². The Hall–Kier alpha value is -1.89. The van der Waals surface area contributed by atoms with Gasteiger partial charge in [-0.15, -0.1) is 10.2 Å². The summed E-state index contributed by atoms with van der Waals surface area (Å²) in [6, 6.07) is 8.45. The standard InChI is InChI=1S/C16H19Cl2N5O/c1-23(2)10-4-9-19-16(24)13-7-8-14(22-21-13)20-15-11(17)5-3-6-12(15)18/h3,5-8H,4,9-10H2,1-2H3,(H,19,24)(H,20,22). The molecule has 2 N–H and O–H groups in total. The van der Waals surface area contributed by atoms with Gasteiger partial charge in [0.2, 0.25) is 0 Å². The Bertz CT molecular complexity index is 671. The number of aromatic nitrogens is 2.